The van der Waals surface area contributed by atoms with Crippen molar-refractivity contribution < 1.29 is 14.7 Å². The van der Waals surface area contributed by atoms with Crippen LogP contribution in [0.3, 0.4) is 0 Å². The normalized spacial score (nSPS) is 27.6. The third kappa shape index (κ3) is 4.12. The van der Waals surface area contributed by atoms with Gasteiger partial charge in [-0.3, -0.25) is 4.79 Å². The van der Waals surface area contributed by atoms with Gasteiger partial charge in [0.05, 0.1) is 6.42 Å². The van der Waals surface area contributed by atoms with E-state index in [0.29, 0.717) is 18.5 Å². The van der Waals surface area contributed by atoms with Gasteiger partial charge in [-0.05, 0) is 30.6 Å². The zero-order valence-corrected chi connectivity index (χ0v) is 12.3. The molecule has 0 aromatic carbocycles. The molecule has 114 valence electrons. The van der Waals surface area contributed by atoms with E-state index in [0.717, 1.165) is 38.5 Å². The summed E-state index contributed by atoms with van der Waals surface area (Å²) in [6, 6.07) is 0.183. The molecule has 0 spiro atoms. The van der Waals surface area contributed by atoms with Gasteiger partial charge in [-0.2, -0.15) is 0 Å². The third-order valence-electron chi connectivity index (χ3n) is 4.83. The van der Waals surface area contributed by atoms with Crippen LogP contribution in [-0.2, 0) is 4.79 Å². The number of hydrogen-bond donors (Lipinski definition) is 3. The molecule has 2 atom stereocenters. The molecule has 0 saturated heterocycles. The fourth-order valence-corrected chi connectivity index (χ4v) is 3.40. The van der Waals surface area contributed by atoms with Gasteiger partial charge < -0.3 is 15.7 Å². The standard InChI is InChI=1S/C15H26N2O3/c1-2-11-8-12(11)17-14(20)16-10-15(9-13(18)19)6-4-3-5-7-15/h11-12H,2-10H2,1H3,(H,18,19)(H2,16,17,20). The van der Waals surface area contributed by atoms with Crippen molar-refractivity contribution in [2.24, 2.45) is 11.3 Å². The van der Waals surface area contributed by atoms with Gasteiger partial charge in [0.1, 0.15) is 0 Å². The summed E-state index contributed by atoms with van der Waals surface area (Å²) in [7, 11) is 0. The van der Waals surface area contributed by atoms with Crippen molar-refractivity contribution in [2.75, 3.05) is 6.54 Å². The Bertz CT molecular complexity index is 364. The van der Waals surface area contributed by atoms with E-state index < -0.39 is 5.97 Å². The molecule has 0 radical (unpaired) electrons. The van der Waals surface area contributed by atoms with Crippen LogP contribution >= 0.6 is 0 Å². The smallest absolute Gasteiger partial charge is 0.315 e. The number of amides is 2. The lowest BCUT2D eigenvalue weighted by Gasteiger charge is -2.36. The monoisotopic (exact) mass is 282 g/mol. The first-order valence-corrected chi connectivity index (χ1v) is 7.81. The minimum atomic E-state index is -0.762. The Balaban J connectivity index is 1.79. The summed E-state index contributed by atoms with van der Waals surface area (Å²) in [4.78, 5) is 22.9. The fraction of sp³-hybridized carbons (Fsp3) is 0.867. The van der Waals surface area contributed by atoms with Crippen LogP contribution in [-0.4, -0.2) is 29.7 Å². The molecule has 2 amide bonds. The van der Waals surface area contributed by atoms with Crippen molar-refractivity contribution in [2.45, 2.75) is 64.3 Å². The average molecular weight is 282 g/mol. The maximum absolute atomic E-state index is 11.9. The minimum Gasteiger partial charge on any atom is -0.481 e. The number of aliphatic carboxylic acids is 1. The molecule has 0 heterocycles. The van der Waals surface area contributed by atoms with Gasteiger partial charge in [-0.1, -0.05) is 32.6 Å². The van der Waals surface area contributed by atoms with E-state index in [1.54, 1.807) is 0 Å². The zero-order valence-electron chi connectivity index (χ0n) is 12.3. The van der Waals surface area contributed by atoms with E-state index >= 15 is 0 Å². The van der Waals surface area contributed by atoms with Gasteiger partial charge >= 0.3 is 12.0 Å². The zero-order chi connectivity index (χ0) is 14.6. The van der Waals surface area contributed by atoms with Crippen molar-refractivity contribution in [1.29, 1.82) is 0 Å². The molecule has 0 aromatic rings. The number of rotatable bonds is 6. The predicted octanol–water partition coefficient (Wildman–Crippen LogP) is 2.51. The van der Waals surface area contributed by atoms with Crippen molar-refractivity contribution in [3.63, 3.8) is 0 Å². The van der Waals surface area contributed by atoms with E-state index in [4.69, 9.17) is 5.11 Å². The molecule has 0 aromatic heterocycles. The summed E-state index contributed by atoms with van der Waals surface area (Å²) >= 11 is 0. The Hall–Kier alpha value is -1.26. The maximum atomic E-state index is 11.9. The Morgan fingerprint density at radius 3 is 2.50 bits per heavy atom. The molecule has 0 aliphatic heterocycles. The largest absolute Gasteiger partial charge is 0.481 e. The summed E-state index contributed by atoms with van der Waals surface area (Å²) in [6.07, 6.45) is 7.45. The second-order valence-electron chi connectivity index (χ2n) is 6.47. The quantitative estimate of drug-likeness (QED) is 0.700. The van der Waals surface area contributed by atoms with Crippen LogP contribution in [0.15, 0.2) is 0 Å². The van der Waals surface area contributed by atoms with Gasteiger partial charge in [0, 0.05) is 12.6 Å². The number of carbonyl (C=O) groups excluding carboxylic acids is 1. The van der Waals surface area contributed by atoms with E-state index in [-0.39, 0.29) is 17.9 Å². The molecule has 20 heavy (non-hydrogen) atoms. The lowest BCUT2D eigenvalue weighted by molar-refractivity contribution is -0.140. The van der Waals surface area contributed by atoms with E-state index in [1.807, 2.05) is 0 Å². The Morgan fingerprint density at radius 1 is 1.25 bits per heavy atom. The Morgan fingerprint density at radius 2 is 1.95 bits per heavy atom. The average Bonchev–Trinajstić information content (AvgIpc) is 3.15. The number of carboxylic acids is 1. The number of carbonyl (C=O) groups is 2. The first-order chi connectivity index (χ1) is 9.54. The van der Waals surface area contributed by atoms with Crippen LogP contribution < -0.4 is 10.6 Å². The molecule has 3 N–H and O–H groups in total. The first kappa shape index (κ1) is 15.1. The van der Waals surface area contributed by atoms with Crippen molar-refractivity contribution in [1.82, 2.24) is 10.6 Å². The highest BCUT2D eigenvalue weighted by atomic mass is 16.4. The Kier molecular flexibility index (Phi) is 4.89. The first-order valence-electron chi connectivity index (χ1n) is 7.81. The molecule has 2 saturated carbocycles. The molecular formula is C15H26N2O3. The van der Waals surface area contributed by atoms with Crippen molar-refractivity contribution in [3.05, 3.63) is 0 Å². The fourth-order valence-electron chi connectivity index (χ4n) is 3.40. The summed E-state index contributed by atoms with van der Waals surface area (Å²) in [6.45, 7) is 2.61. The highest BCUT2D eigenvalue weighted by Crippen LogP contribution is 2.39. The van der Waals surface area contributed by atoms with Gasteiger partial charge in [-0.15, -0.1) is 0 Å². The lowest BCUT2D eigenvalue weighted by Crippen LogP contribution is -2.45. The number of hydrogen-bond acceptors (Lipinski definition) is 2. The van der Waals surface area contributed by atoms with Crippen LogP contribution in [0.5, 0.6) is 0 Å². The molecule has 5 nitrogen and oxygen atoms in total. The molecule has 2 rings (SSSR count). The van der Waals surface area contributed by atoms with Crippen molar-refractivity contribution in [3.8, 4) is 0 Å². The number of urea groups is 1. The predicted molar refractivity (Wildman–Crippen MR) is 76.5 cm³/mol. The van der Waals surface area contributed by atoms with E-state index in [2.05, 4.69) is 17.6 Å². The van der Waals surface area contributed by atoms with Crippen LogP contribution in [0.1, 0.15) is 58.3 Å². The molecule has 5 heteroatoms. The Labute approximate surface area is 120 Å². The molecule has 2 aliphatic carbocycles. The van der Waals surface area contributed by atoms with Gasteiger partial charge in [0.15, 0.2) is 0 Å². The summed E-state index contributed by atoms with van der Waals surface area (Å²) in [5.74, 6) is -0.134. The third-order valence-corrected chi connectivity index (χ3v) is 4.83. The summed E-state index contributed by atoms with van der Waals surface area (Å²) < 4.78 is 0. The van der Waals surface area contributed by atoms with E-state index in [9.17, 15) is 9.59 Å². The highest BCUT2D eigenvalue weighted by molar-refractivity contribution is 5.75. The van der Waals surface area contributed by atoms with Gasteiger partial charge in [0.2, 0.25) is 0 Å². The molecule has 2 fully saturated rings. The van der Waals surface area contributed by atoms with Crippen LogP contribution in [0, 0.1) is 11.3 Å². The summed E-state index contributed by atoms with van der Waals surface area (Å²) in [5.41, 5.74) is -0.241. The van der Waals surface area contributed by atoms with Gasteiger partial charge in [0.25, 0.3) is 0 Å². The number of nitrogens with one attached hydrogen (secondary N) is 2. The second-order valence-corrected chi connectivity index (χ2v) is 6.47. The van der Waals surface area contributed by atoms with Crippen LogP contribution in [0.2, 0.25) is 0 Å². The van der Waals surface area contributed by atoms with Crippen LogP contribution in [0.4, 0.5) is 4.79 Å². The molecule has 2 unspecified atom stereocenters. The second kappa shape index (κ2) is 6.46. The van der Waals surface area contributed by atoms with E-state index in [1.165, 1.54) is 6.42 Å². The summed E-state index contributed by atoms with van der Waals surface area (Å²) in [5, 5.41) is 15.0. The van der Waals surface area contributed by atoms with Crippen molar-refractivity contribution >= 4 is 12.0 Å². The minimum absolute atomic E-state index is 0.138. The van der Waals surface area contributed by atoms with Gasteiger partial charge in [-0.25, -0.2) is 4.79 Å². The topological polar surface area (TPSA) is 78.4 Å². The van der Waals surface area contributed by atoms with Crippen LogP contribution in [0.25, 0.3) is 0 Å². The molecular weight excluding hydrogens is 256 g/mol. The SMILES string of the molecule is CCC1CC1NC(=O)NCC1(CC(=O)O)CCCCC1. The highest BCUT2D eigenvalue weighted by Gasteiger charge is 2.38. The number of carboxylic acid groups (broad SMARTS) is 1. The maximum Gasteiger partial charge on any atom is 0.315 e. The lowest BCUT2D eigenvalue weighted by atomic mass is 9.72. The molecule has 0 bridgehead atoms. The molecule has 2 aliphatic rings.